The number of carboxylic acid groups (broad SMARTS) is 1. The Bertz CT molecular complexity index is 1270. The van der Waals surface area contributed by atoms with Gasteiger partial charge in [-0.05, 0) is 42.3 Å². The van der Waals surface area contributed by atoms with Crippen LogP contribution in [0.3, 0.4) is 0 Å². The Kier molecular flexibility index (Phi) is 6.62. The second-order valence-electron chi connectivity index (χ2n) is 9.29. The Morgan fingerprint density at radius 3 is 2.24 bits per heavy atom. The van der Waals surface area contributed by atoms with E-state index in [-0.39, 0.29) is 36.4 Å². The van der Waals surface area contributed by atoms with E-state index in [0.29, 0.717) is 50.3 Å². The highest BCUT2D eigenvalue weighted by Crippen LogP contribution is 2.34. The number of imide groups is 1. The SMILES string of the molecule is O=C1CCC(N2Cc3cccc(OC(=O)c4ccc(C(=O)N5CCN(C(=O)O)CC5)cc4)c3C2)C(=O)N1. The molecule has 0 bridgehead atoms. The fourth-order valence-corrected chi connectivity index (χ4v) is 4.95. The summed E-state index contributed by atoms with van der Waals surface area (Å²) in [6.07, 6.45) is -0.251. The van der Waals surface area contributed by atoms with Crippen LogP contribution in [0.25, 0.3) is 0 Å². The summed E-state index contributed by atoms with van der Waals surface area (Å²) in [6.45, 7) is 2.08. The Morgan fingerprint density at radius 1 is 0.892 bits per heavy atom. The van der Waals surface area contributed by atoms with Gasteiger partial charge < -0.3 is 19.6 Å². The number of nitrogens with zero attached hydrogens (tertiary/aromatic N) is 3. The van der Waals surface area contributed by atoms with Crippen molar-refractivity contribution in [3.05, 3.63) is 64.7 Å². The summed E-state index contributed by atoms with van der Waals surface area (Å²) in [7, 11) is 0. The maximum atomic E-state index is 12.9. The van der Waals surface area contributed by atoms with E-state index < -0.39 is 18.1 Å². The van der Waals surface area contributed by atoms with Crippen LogP contribution in [0.5, 0.6) is 5.75 Å². The lowest BCUT2D eigenvalue weighted by molar-refractivity contribution is -0.137. The molecule has 0 spiro atoms. The van der Waals surface area contributed by atoms with Gasteiger partial charge in [-0.2, -0.15) is 0 Å². The molecular formula is C26H26N4O7. The van der Waals surface area contributed by atoms with Gasteiger partial charge >= 0.3 is 12.1 Å². The number of ether oxygens (including phenoxy) is 1. The van der Waals surface area contributed by atoms with Crippen molar-refractivity contribution in [3.63, 3.8) is 0 Å². The number of amides is 4. The number of benzene rings is 2. The number of nitrogens with one attached hydrogen (secondary N) is 1. The van der Waals surface area contributed by atoms with Gasteiger partial charge in [-0.1, -0.05) is 12.1 Å². The third kappa shape index (κ3) is 5.03. The normalized spacial score (nSPS) is 19.8. The van der Waals surface area contributed by atoms with Gasteiger partial charge in [0, 0.05) is 56.8 Å². The first-order valence-corrected chi connectivity index (χ1v) is 12.1. The molecule has 192 valence electrons. The molecule has 2 aromatic rings. The molecule has 0 radical (unpaired) electrons. The molecule has 0 aromatic heterocycles. The minimum atomic E-state index is -0.997. The average molecular weight is 507 g/mol. The minimum Gasteiger partial charge on any atom is -0.465 e. The van der Waals surface area contributed by atoms with E-state index in [1.165, 1.54) is 17.0 Å². The van der Waals surface area contributed by atoms with E-state index in [9.17, 15) is 24.0 Å². The molecule has 1 atom stereocenters. The maximum absolute atomic E-state index is 12.9. The number of piperidine rings is 1. The molecular weight excluding hydrogens is 480 g/mol. The van der Waals surface area contributed by atoms with Crippen LogP contribution in [0, 0.1) is 0 Å². The molecule has 3 heterocycles. The van der Waals surface area contributed by atoms with Gasteiger partial charge in [0.25, 0.3) is 5.91 Å². The number of carbonyl (C=O) groups is 5. The first-order valence-electron chi connectivity index (χ1n) is 12.1. The van der Waals surface area contributed by atoms with Gasteiger partial charge in [0.2, 0.25) is 11.8 Å². The highest BCUT2D eigenvalue weighted by atomic mass is 16.5. The standard InChI is InChI=1S/C26H26N4O7/c31-22-9-8-20(23(32)27-22)30-14-18-2-1-3-21(19(18)15-30)37-25(34)17-6-4-16(5-7-17)24(33)28-10-12-29(13-11-28)26(35)36/h1-7,20H,8-15H2,(H,35,36)(H,27,31,32). The Morgan fingerprint density at radius 2 is 1.57 bits per heavy atom. The van der Waals surface area contributed by atoms with Crippen molar-refractivity contribution >= 4 is 29.8 Å². The first kappa shape index (κ1) is 24.4. The molecule has 3 aliphatic rings. The zero-order chi connectivity index (χ0) is 26.1. The van der Waals surface area contributed by atoms with E-state index in [2.05, 4.69) is 5.32 Å². The summed E-state index contributed by atoms with van der Waals surface area (Å²) < 4.78 is 5.70. The summed E-state index contributed by atoms with van der Waals surface area (Å²) in [6, 6.07) is 11.2. The third-order valence-corrected chi connectivity index (χ3v) is 7.02. The summed E-state index contributed by atoms with van der Waals surface area (Å²) in [5.74, 6) is -0.947. The number of carbonyl (C=O) groups excluding carboxylic acids is 4. The summed E-state index contributed by atoms with van der Waals surface area (Å²) in [4.78, 5) is 65.3. The van der Waals surface area contributed by atoms with Crippen molar-refractivity contribution in [2.75, 3.05) is 26.2 Å². The summed E-state index contributed by atoms with van der Waals surface area (Å²) in [5.41, 5.74) is 2.47. The van der Waals surface area contributed by atoms with Gasteiger partial charge in [-0.25, -0.2) is 9.59 Å². The minimum absolute atomic E-state index is 0.223. The first-order chi connectivity index (χ1) is 17.8. The van der Waals surface area contributed by atoms with Crippen molar-refractivity contribution in [3.8, 4) is 5.75 Å². The zero-order valence-electron chi connectivity index (χ0n) is 20.0. The van der Waals surface area contributed by atoms with E-state index in [1.54, 1.807) is 29.2 Å². The van der Waals surface area contributed by atoms with Crippen LogP contribution < -0.4 is 10.1 Å². The lowest BCUT2D eigenvalue weighted by atomic mass is 10.0. The molecule has 11 nitrogen and oxygen atoms in total. The molecule has 2 N–H and O–H groups in total. The molecule has 3 aliphatic heterocycles. The van der Waals surface area contributed by atoms with E-state index >= 15 is 0 Å². The predicted octanol–water partition coefficient (Wildman–Crippen LogP) is 1.46. The average Bonchev–Trinajstić information content (AvgIpc) is 3.33. The Balaban J connectivity index is 1.22. The molecule has 37 heavy (non-hydrogen) atoms. The van der Waals surface area contributed by atoms with Crippen LogP contribution in [-0.2, 0) is 22.7 Å². The van der Waals surface area contributed by atoms with Gasteiger partial charge in [0.05, 0.1) is 11.6 Å². The molecule has 0 saturated carbocycles. The largest absolute Gasteiger partial charge is 0.465 e. The fraction of sp³-hybridized carbons (Fsp3) is 0.346. The molecule has 2 aromatic carbocycles. The molecule has 0 aliphatic carbocycles. The number of piperazine rings is 1. The number of rotatable bonds is 4. The summed E-state index contributed by atoms with van der Waals surface area (Å²) >= 11 is 0. The number of hydrogen-bond acceptors (Lipinski definition) is 7. The predicted molar refractivity (Wildman–Crippen MR) is 129 cm³/mol. The van der Waals surface area contributed by atoms with Crippen LogP contribution in [0.15, 0.2) is 42.5 Å². The van der Waals surface area contributed by atoms with Crippen molar-refractivity contribution in [1.82, 2.24) is 20.0 Å². The van der Waals surface area contributed by atoms with Crippen LogP contribution in [0.4, 0.5) is 4.79 Å². The highest BCUT2D eigenvalue weighted by Gasteiger charge is 2.36. The van der Waals surface area contributed by atoms with Gasteiger partial charge in [-0.15, -0.1) is 0 Å². The Hall–Kier alpha value is -4.25. The van der Waals surface area contributed by atoms with E-state index in [4.69, 9.17) is 9.84 Å². The zero-order valence-corrected chi connectivity index (χ0v) is 20.0. The maximum Gasteiger partial charge on any atom is 0.407 e. The van der Waals surface area contributed by atoms with Crippen molar-refractivity contribution in [2.45, 2.75) is 32.0 Å². The monoisotopic (exact) mass is 506 g/mol. The quantitative estimate of drug-likeness (QED) is 0.361. The molecule has 5 rings (SSSR count). The highest BCUT2D eigenvalue weighted by molar-refractivity contribution is 6.00. The number of hydrogen-bond donors (Lipinski definition) is 2. The second-order valence-corrected chi connectivity index (χ2v) is 9.29. The number of fused-ring (bicyclic) bond motifs is 1. The lowest BCUT2D eigenvalue weighted by Gasteiger charge is -2.33. The van der Waals surface area contributed by atoms with Crippen molar-refractivity contribution in [2.24, 2.45) is 0 Å². The van der Waals surface area contributed by atoms with Gasteiger partial charge in [0.15, 0.2) is 0 Å². The van der Waals surface area contributed by atoms with Crippen LogP contribution in [-0.4, -0.2) is 81.8 Å². The molecule has 11 heteroatoms. The van der Waals surface area contributed by atoms with E-state index in [0.717, 1.165) is 11.1 Å². The lowest BCUT2D eigenvalue weighted by Crippen LogP contribution is -2.50. The number of esters is 1. The smallest absolute Gasteiger partial charge is 0.407 e. The summed E-state index contributed by atoms with van der Waals surface area (Å²) in [5, 5.41) is 11.4. The van der Waals surface area contributed by atoms with Gasteiger partial charge in [0.1, 0.15) is 5.75 Å². The molecule has 2 saturated heterocycles. The van der Waals surface area contributed by atoms with Crippen LogP contribution in [0.1, 0.15) is 44.7 Å². The third-order valence-electron chi connectivity index (χ3n) is 7.02. The van der Waals surface area contributed by atoms with Crippen molar-refractivity contribution < 1.29 is 33.8 Å². The molecule has 1 unspecified atom stereocenters. The molecule has 2 fully saturated rings. The molecule has 4 amide bonds. The van der Waals surface area contributed by atoms with E-state index in [1.807, 2.05) is 11.0 Å². The Labute approximate surface area is 212 Å². The fourth-order valence-electron chi connectivity index (χ4n) is 4.95. The van der Waals surface area contributed by atoms with Crippen molar-refractivity contribution in [1.29, 1.82) is 0 Å². The topological polar surface area (TPSA) is 137 Å². The van der Waals surface area contributed by atoms with Crippen LogP contribution >= 0.6 is 0 Å². The van der Waals surface area contributed by atoms with Crippen LogP contribution in [0.2, 0.25) is 0 Å². The van der Waals surface area contributed by atoms with Gasteiger partial charge in [-0.3, -0.25) is 24.6 Å². The second kappa shape index (κ2) is 10.0.